The maximum atomic E-state index is 13.4. The van der Waals surface area contributed by atoms with Gasteiger partial charge in [0.15, 0.2) is 0 Å². The Kier molecular flexibility index (Phi) is 6.05. The van der Waals surface area contributed by atoms with Gasteiger partial charge in [0, 0.05) is 12.5 Å². The van der Waals surface area contributed by atoms with Crippen molar-refractivity contribution >= 4 is 11.6 Å². The van der Waals surface area contributed by atoms with E-state index in [0.717, 1.165) is 29.7 Å². The van der Waals surface area contributed by atoms with Crippen LogP contribution in [0.2, 0.25) is 0 Å². The van der Waals surface area contributed by atoms with Gasteiger partial charge in [-0.3, -0.25) is 9.69 Å². The van der Waals surface area contributed by atoms with E-state index in [2.05, 4.69) is 4.90 Å². The van der Waals surface area contributed by atoms with Crippen LogP contribution >= 0.6 is 0 Å². The van der Waals surface area contributed by atoms with Gasteiger partial charge in [-0.15, -0.1) is 0 Å². The van der Waals surface area contributed by atoms with Crippen molar-refractivity contribution in [2.45, 2.75) is 50.6 Å². The molecule has 1 saturated carbocycles. The Hall–Kier alpha value is -2.53. The highest BCUT2D eigenvalue weighted by molar-refractivity contribution is 6.03. The molecule has 4 nitrogen and oxygen atoms in total. The molecule has 1 amide bonds. The number of rotatable bonds is 5. The normalized spacial score (nSPS) is 20.2. The van der Waals surface area contributed by atoms with Gasteiger partial charge in [-0.25, -0.2) is 9.40 Å². The zero-order valence-electron chi connectivity index (χ0n) is 16.9. The van der Waals surface area contributed by atoms with Gasteiger partial charge < -0.3 is 0 Å². The molecule has 0 aromatic heterocycles. The van der Waals surface area contributed by atoms with Crippen LogP contribution in [0, 0.1) is 5.82 Å². The number of likely N-dealkylation sites (N-methyl/N-ethyl adjacent to an activating group) is 1. The smallest absolute Gasteiger partial charge is 0.257 e. The first-order valence-corrected chi connectivity index (χ1v) is 10.5. The lowest BCUT2D eigenvalue weighted by Crippen LogP contribution is -2.41. The highest BCUT2D eigenvalue weighted by Gasteiger charge is 2.34. The predicted molar refractivity (Wildman–Crippen MR) is 113 cm³/mol. The highest BCUT2D eigenvalue weighted by atomic mass is 19.1. The topological polar surface area (TPSA) is 35.9 Å². The Morgan fingerprint density at radius 3 is 2.45 bits per heavy atom. The molecule has 29 heavy (non-hydrogen) atoms. The minimum atomic E-state index is -0.272. The first-order chi connectivity index (χ1) is 14.1. The summed E-state index contributed by atoms with van der Waals surface area (Å²) in [6.45, 7) is 0.355. The van der Waals surface area contributed by atoms with Crippen molar-refractivity contribution in [3.05, 3.63) is 71.5 Å². The Bertz CT molecular complexity index is 859. The largest absolute Gasteiger partial charge is 0.295 e. The third kappa shape index (κ3) is 4.56. The monoisotopic (exact) mass is 393 g/mol. The highest BCUT2D eigenvalue weighted by Crippen LogP contribution is 2.33. The Balaban J connectivity index is 1.56. The van der Waals surface area contributed by atoms with E-state index in [1.807, 2.05) is 37.4 Å². The van der Waals surface area contributed by atoms with Gasteiger partial charge in [0.25, 0.3) is 5.91 Å². The molecule has 1 aliphatic heterocycles. The van der Waals surface area contributed by atoms with Gasteiger partial charge in [0.1, 0.15) is 5.82 Å². The summed E-state index contributed by atoms with van der Waals surface area (Å²) in [6, 6.07) is 16.7. The number of halogens is 1. The summed E-state index contributed by atoms with van der Waals surface area (Å²) in [4.78, 5) is 15.4. The van der Waals surface area contributed by atoms with Crippen molar-refractivity contribution in [1.82, 2.24) is 9.91 Å². The van der Waals surface area contributed by atoms with E-state index in [9.17, 15) is 9.18 Å². The number of hydrogen-bond donors (Lipinski definition) is 0. The molecular formula is C24H28FN3O. The lowest BCUT2D eigenvalue weighted by molar-refractivity contribution is -0.134. The summed E-state index contributed by atoms with van der Waals surface area (Å²) in [5, 5.41) is 6.34. The fourth-order valence-corrected chi connectivity index (χ4v) is 4.43. The zero-order chi connectivity index (χ0) is 20.2. The average Bonchev–Trinajstić information content (AvgIpc) is 3.21. The zero-order valence-corrected chi connectivity index (χ0v) is 16.9. The summed E-state index contributed by atoms with van der Waals surface area (Å²) < 4.78 is 13.4. The van der Waals surface area contributed by atoms with Gasteiger partial charge in [0.05, 0.1) is 18.3 Å². The third-order valence-electron chi connectivity index (χ3n) is 6.11. The maximum absolute atomic E-state index is 13.4. The van der Waals surface area contributed by atoms with E-state index >= 15 is 0 Å². The third-order valence-corrected chi connectivity index (χ3v) is 6.11. The molecule has 0 unspecified atom stereocenters. The quantitative estimate of drug-likeness (QED) is 0.734. The number of hydrogen-bond acceptors (Lipinski definition) is 3. The van der Waals surface area contributed by atoms with E-state index in [1.54, 1.807) is 17.1 Å². The van der Waals surface area contributed by atoms with Crippen LogP contribution in [0.15, 0.2) is 59.7 Å². The van der Waals surface area contributed by atoms with Crippen LogP contribution in [-0.2, 0) is 4.79 Å². The van der Waals surface area contributed by atoms with E-state index in [0.29, 0.717) is 19.0 Å². The fraction of sp³-hybridized carbons (Fsp3) is 0.417. The molecule has 0 saturated heterocycles. The van der Waals surface area contributed by atoms with Crippen LogP contribution in [0.4, 0.5) is 4.39 Å². The molecule has 1 aliphatic carbocycles. The molecule has 2 aromatic carbocycles. The molecule has 5 heteroatoms. The molecule has 0 spiro atoms. The van der Waals surface area contributed by atoms with Crippen LogP contribution in [-0.4, -0.2) is 41.2 Å². The first-order valence-electron chi connectivity index (χ1n) is 10.5. The maximum Gasteiger partial charge on any atom is 0.257 e. The molecular weight excluding hydrogens is 365 g/mol. The molecule has 152 valence electrons. The number of nitrogens with zero attached hydrogens (tertiary/aromatic N) is 3. The summed E-state index contributed by atoms with van der Waals surface area (Å²) >= 11 is 0. The number of hydrazone groups is 1. The first kappa shape index (κ1) is 19.8. The van der Waals surface area contributed by atoms with Gasteiger partial charge in [-0.05, 0) is 43.1 Å². The van der Waals surface area contributed by atoms with Crippen molar-refractivity contribution in [1.29, 1.82) is 0 Å². The van der Waals surface area contributed by atoms with Crippen molar-refractivity contribution in [2.75, 3.05) is 13.6 Å². The van der Waals surface area contributed by atoms with Crippen molar-refractivity contribution < 1.29 is 9.18 Å². The summed E-state index contributed by atoms with van der Waals surface area (Å²) in [7, 11) is 2.04. The Morgan fingerprint density at radius 2 is 1.76 bits per heavy atom. The molecule has 1 fully saturated rings. The Labute approximate surface area is 172 Å². The second-order valence-electron chi connectivity index (χ2n) is 8.13. The van der Waals surface area contributed by atoms with Gasteiger partial charge in [-0.2, -0.15) is 5.10 Å². The minimum absolute atomic E-state index is 0.00155. The molecule has 2 aliphatic rings. The number of carbonyl (C=O) groups is 1. The second-order valence-corrected chi connectivity index (χ2v) is 8.13. The van der Waals surface area contributed by atoms with Crippen molar-refractivity contribution in [2.24, 2.45) is 5.10 Å². The molecule has 0 bridgehead atoms. The average molecular weight is 394 g/mol. The van der Waals surface area contributed by atoms with Crippen LogP contribution in [0.1, 0.15) is 55.7 Å². The SMILES string of the molecule is CN(CC(=O)N1N=C(c2ccccc2)C[C@@H]1c1ccc(F)cc1)C1CCCCC1. The number of benzene rings is 2. The summed E-state index contributed by atoms with van der Waals surface area (Å²) in [6.07, 6.45) is 6.71. The van der Waals surface area contributed by atoms with Crippen molar-refractivity contribution in [3.8, 4) is 0 Å². The Morgan fingerprint density at radius 1 is 1.07 bits per heavy atom. The van der Waals surface area contributed by atoms with E-state index in [-0.39, 0.29) is 17.8 Å². The molecule has 1 heterocycles. The van der Waals surface area contributed by atoms with E-state index in [1.165, 1.54) is 31.4 Å². The second kappa shape index (κ2) is 8.87. The molecule has 0 N–H and O–H groups in total. The number of amides is 1. The van der Waals surface area contributed by atoms with Gasteiger partial charge in [-0.1, -0.05) is 61.7 Å². The minimum Gasteiger partial charge on any atom is -0.295 e. The standard InChI is InChI=1S/C24H28FN3O/c1-27(21-10-6-3-7-11-21)17-24(29)28-23(19-12-14-20(25)15-13-19)16-22(26-28)18-8-4-2-5-9-18/h2,4-5,8-9,12-15,21,23H,3,6-7,10-11,16-17H2,1H3/t23-/m1/s1. The van der Waals surface area contributed by atoms with E-state index < -0.39 is 0 Å². The lowest BCUT2D eigenvalue weighted by Gasteiger charge is -2.32. The van der Waals surface area contributed by atoms with E-state index in [4.69, 9.17) is 5.10 Å². The predicted octanol–water partition coefficient (Wildman–Crippen LogP) is 4.77. The van der Waals surface area contributed by atoms with Crippen molar-refractivity contribution in [3.63, 3.8) is 0 Å². The van der Waals surface area contributed by atoms with Crippen LogP contribution in [0.3, 0.4) is 0 Å². The lowest BCUT2D eigenvalue weighted by atomic mass is 9.94. The fourth-order valence-electron chi connectivity index (χ4n) is 4.43. The van der Waals surface area contributed by atoms with Gasteiger partial charge in [0.2, 0.25) is 0 Å². The molecule has 1 atom stereocenters. The van der Waals surface area contributed by atoms with Gasteiger partial charge >= 0.3 is 0 Å². The summed E-state index contributed by atoms with van der Waals surface area (Å²) in [5.74, 6) is -0.274. The van der Waals surface area contributed by atoms with Crippen LogP contribution in [0.25, 0.3) is 0 Å². The molecule has 2 aromatic rings. The van der Waals surface area contributed by atoms with Crippen LogP contribution in [0.5, 0.6) is 0 Å². The number of carbonyl (C=O) groups excluding carboxylic acids is 1. The summed E-state index contributed by atoms with van der Waals surface area (Å²) in [5.41, 5.74) is 2.83. The van der Waals surface area contributed by atoms with Crippen LogP contribution < -0.4 is 0 Å². The molecule has 0 radical (unpaired) electrons. The molecule has 4 rings (SSSR count).